The summed E-state index contributed by atoms with van der Waals surface area (Å²) >= 11 is 0. The molecule has 0 spiro atoms. The zero-order chi connectivity index (χ0) is 55.7. The molecule has 6 nitrogen and oxygen atoms in total. The molecule has 0 rings (SSSR count). The van der Waals surface area contributed by atoms with Crippen LogP contribution in [0.1, 0.15) is 393 Å². The van der Waals surface area contributed by atoms with Crippen LogP contribution >= 0.6 is 0 Å². The monoisotopic (exact) mass is 1080 g/mol. The van der Waals surface area contributed by atoms with Crippen LogP contribution in [0.5, 0.6) is 0 Å². The Morgan fingerprint density at radius 3 is 0.688 bits per heavy atom. The van der Waals surface area contributed by atoms with Crippen molar-refractivity contribution in [2.45, 2.75) is 399 Å². The number of hydrogen-bond acceptors (Lipinski definition) is 6. The SMILES string of the molecule is CCCC/C=C\CCCCCCCC(=O)OCC(COC(=O)CCCCCCCCCCCCCCCCCCCCCCCCCCCCCCCCCCC)OC(=O)CCCCCCC/C=C\CCCCCCCC. The van der Waals surface area contributed by atoms with E-state index in [9.17, 15) is 14.4 Å². The lowest BCUT2D eigenvalue weighted by Gasteiger charge is -2.18. The fourth-order valence-corrected chi connectivity index (χ4v) is 10.7. The number of esters is 3. The first-order valence-electron chi connectivity index (χ1n) is 34.8. The molecule has 0 saturated heterocycles. The highest BCUT2D eigenvalue weighted by Crippen LogP contribution is 2.19. The van der Waals surface area contributed by atoms with Gasteiger partial charge in [-0.25, -0.2) is 0 Å². The van der Waals surface area contributed by atoms with Crippen molar-refractivity contribution in [1.29, 1.82) is 0 Å². The Balaban J connectivity index is 4.02. The summed E-state index contributed by atoms with van der Waals surface area (Å²) in [6.45, 7) is 6.65. The van der Waals surface area contributed by atoms with Gasteiger partial charge in [0, 0.05) is 19.3 Å². The van der Waals surface area contributed by atoms with Crippen molar-refractivity contribution in [3.8, 4) is 0 Å². The average Bonchev–Trinajstić information content (AvgIpc) is 3.43. The van der Waals surface area contributed by atoms with E-state index in [0.29, 0.717) is 19.3 Å². The van der Waals surface area contributed by atoms with Gasteiger partial charge in [0.1, 0.15) is 13.2 Å². The minimum atomic E-state index is -0.776. The molecule has 0 amide bonds. The number of carbonyl (C=O) groups is 3. The molecule has 0 N–H and O–H groups in total. The first-order valence-corrected chi connectivity index (χ1v) is 34.8. The van der Waals surface area contributed by atoms with Crippen LogP contribution in [-0.2, 0) is 28.6 Å². The molecule has 77 heavy (non-hydrogen) atoms. The van der Waals surface area contributed by atoms with Crippen molar-refractivity contribution < 1.29 is 28.6 Å². The van der Waals surface area contributed by atoms with Crippen LogP contribution in [0.3, 0.4) is 0 Å². The molecule has 0 aromatic heterocycles. The third-order valence-corrected chi connectivity index (χ3v) is 15.9. The van der Waals surface area contributed by atoms with Crippen LogP contribution in [0.15, 0.2) is 24.3 Å². The van der Waals surface area contributed by atoms with Crippen LogP contribution in [0.25, 0.3) is 0 Å². The van der Waals surface area contributed by atoms with Gasteiger partial charge < -0.3 is 14.2 Å². The van der Waals surface area contributed by atoms with Gasteiger partial charge in [-0.05, 0) is 64.2 Å². The topological polar surface area (TPSA) is 78.9 Å². The first-order chi connectivity index (χ1) is 38.0. The predicted octanol–water partition coefficient (Wildman–Crippen LogP) is 23.8. The summed E-state index contributed by atoms with van der Waals surface area (Å²) in [4.78, 5) is 38.2. The van der Waals surface area contributed by atoms with E-state index in [1.54, 1.807) is 0 Å². The smallest absolute Gasteiger partial charge is 0.306 e. The first kappa shape index (κ1) is 74.9. The Bertz CT molecular complexity index is 1240. The number of unbranched alkanes of at least 4 members (excludes halogenated alkanes) is 50. The van der Waals surface area contributed by atoms with E-state index in [4.69, 9.17) is 14.2 Å². The number of hydrogen-bond donors (Lipinski definition) is 0. The van der Waals surface area contributed by atoms with E-state index in [2.05, 4.69) is 45.1 Å². The molecule has 1 unspecified atom stereocenters. The minimum absolute atomic E-state index is 0.0726. The van der Waals surface area contributed by atoms with Gasteiger partial charge in [-0.3, -0.25) is 14.4 Å². The molecule has 0 aliphatic heterocycles. The number of rotatable bonds is 65. The standard InChI is InChI=1S/C71H134O6/c1-4-7-10-13-16-19-22-24-26-27-28-29-30-31-32-33-34-35-36-37-38-39-40-41-42-43-45-46-49-52-55-58-61-64-70(73)76-67-68(66-75-69(72)63-60-57-54-51-48-21-18-15-12-9-6-3)77-71(74)65-62-59-56-53-50-47-44-25-23-20-17-14-11-8-5-2/h15,18,25,44,68H,4-14,16-17,19-24,26-43,45-67H2,1-3H3/b18-15-,44-25-. The second-order valence-corrected chi connectivity index (χ2v) is 23.8. The van der Waals surface area contributed by atoms with E-state index in [1.807, 2.05) is 0 Å². The highest BCUT2D eigenvalue weighted by molar-refractivity contribution is 5.71. The summed E-state index contributed by atoms with van der Waals surface area (Å²) in [6.07, 6.45) is 80.9. The molecule has 0 bridgehead atoms. The molecular formula is C71H134O6. The average molecular weight is 1080 g/mol. The second kappa shape index (κ2) is 66.4. The van der Waals surface area contributed by atoms with Gasteiger partial charge in [0.15, 0.2) is 6.10 Å². The number of allylic oxidation sites excluding steroid dienone is 4. The fourth-order valence-electron chi connectivity index (χ4n) is 10.7. The Morgan fingerprint density at radius 1 is 0.247 bits per heavy atom. The van der Waals surface area contributed by atoms with Gasteiger partial charge >= 0.3 is 17.9 Å². The molecule has 0 aliphatic rings. The fraction of sp³-hybridized carbons (Fsp3) is 0.901. The zero-order valence-electron chi connectivity index (χ0n) is 52.3. The number of ether oxygens (including phenoxy) is 3. The van der Waals surface area contributed by atoms with Crippen LogP contribution in [0.4, 0.5) is 0 Å². The summed E-state index contributed by atoms with van der Waals surface area (Å²) < 4.78 is 16.9. The molecule has 0 aromatic carbocycles. The van der Waals surface area contributed by atoms with Crippen molar-refractivity contribution in [3.63, 3.8) is 0 Å². The van der Waals surface area contributed by atoms with Gasteiger partial charge in [0.2, 0.25) is 0 Å². The molecule has 1 atom stereocenters. The molecule has 6 heteroatoms. The Hall–Kier alpha value is -2.11. The van der Waals surface area contributed by atoms with Crippen molar-refractivity contribution >= 4 is 17.9 Å². The summed E-state index contributed by atoms with van der Waals surface area (Å²) in [5.74, 6) is -0.867. The molecule has 0 heterocycles. The third kappa shape index (κ3) is 64.6. The largest absolute Gasteiger partial charge is 0.462 e. The Kier molecular flexibility index (Phi) is 64.6. The molecule has 0 radical (unpaired) electrons. The van der Waals surface area contributed by atoms with Crippen molar-refractivity contribution in [2.24, 2.45) is 0 Å². The summed E-state index contributed by atoms with van der Waals surface area (Å²) in [6, 6.07) is 0. The van der Waals surface area contributed by atoms with Crippen LogP contribution in [0.2, 0.25) is 0 Å². The van der Waals surface area contributed by atoms with Crippen LogP contribution in [0, 0.1) is 0 Å². The highest BCUT2D eigenvalue weighted by Gasteiger charge is 2.19. The maximum Gasteiger partial charge on any atom is 0.306 e. The molecular weight excluding hydrogens is 949 g/mol. The van der Waals surface area contributed by atoms with Crippen molar-refractivity contribution in [1.82, 2.24) is 0 Å². The predicted molar refractivity (Wildman–Crippen MR) is 335 cm³/mol. The van der Waals surface area contributed by atoms with E-state index in [0.717, 1.165) is 70.6 Å². The van der Waals surface area contributed by atoms with Gasteiger partial charge in [-0.15, -0.1) is 0 Å². The molecule has 0 aromatic rings. The minimum Gasteiger partial charge on any atom is -0.462 e. The van der Waals surface area contributed by atoms with Gasteiger partial charge in [-0.2, -0.15) is 0 Å². The molecule has 0 aliphatic carbocycles. The van der Waals surface area contributed by atoms with E-state index in [1.165, 1.54) is 283 Å². The van der Waals surface area contributed by atoms with Gasteiger partial charge in [-0.1, -0.05) is 334 Å². The third-order valence-electron chi connectivity index (χ3n) is 15.9. The Labute approximate surface area is 481 Å². The maximum absolute atomic E-state index is 12.9. The van der Waals surface area contributed by atoms with E-state index >= 15 is 0 Å². The van der Waals surface area contributed by atoms with E-state index in [-0.39, 0.29) is 31.1 Å². The molecule has 0 fully saturated rings. The highest BCUT2D eigenvalue weighted by atomic mass is 16.6. The zero-order valence-corrected chi connectivity index (χ0v) is 52.3. The lowest BCUT2D eigenvalue weighted by Crippen LogP contribution is -2.30. The van der Waals surface area contributed by atoms with E-state index < -0.39 is 6.10 Å². The maximum atomic E-state index is 12.9. The van der Waals surface area contributed by atoms with Crippen LogP contribution in [-0.4, -0.2) is 37.2 Å². The molecule has 0 saturated carbocycles. The van der Waals surface area contributed by atoms with Gasteiger partial charge in [0.05, 0.1) is 0 Å². The second-order valence-electron chi connectivity index (χ2n) is 23.8. The van der Waals surface area contributed by atoms with Crippen molar-refractivity contribution in [3.05, 3.63) is 24.3 Å². The lowest BCUT2D eigenvalue weighted by molar-refractivity contribution is -0.167. The Morgan fingerprint density at radius 2 is 0.442 bits per heavy atom. The quantitative estimate of drug-likeness (QED) is 0.0261. The number of carbonyl (C=O) groups excluding carboxylic acids is 3. The van der Waals surface area contributed by atoms with Gasteiger partial charge in [0.25, 0.3) is 0 Å². The van der Waals surface area contributed by atoms with Crippen LogP contribution < -0.4 is 0 Å². The lowest BCUT2D eigenvalue weighted by atomic mass is 10.0. The molecule has 454 valence electrons. The van der Waals surface area contributed by atoms with Crippen molar-refractivity contribution in [2.75, 3.05) is 13.2 Å². The summed E-state index contributed by atoms with van der Waals surface area (Å²) in [5.41, 5.74) is 0. The summed E-state index contributed by atoms with van der Waals surface area (Å²) in [7, 11) is 0. The summed E-state index contributed by atoms with van der Waals surface area (Å²) in [5, 5.41) is 0. The normalized spacial score (nSPS) is 12.1.